The van der Waals surface area contributed by atoms with Gasteiger partial charge in [-0.2, -0.15) is 0 Å². The van der Waals surface area contributed by atoms with Crippen LogP contribution in [0.1, 0.15) is 97.9 Å². The smallest absolute Gasteiger partial charge is 0.338 e. The zero-order valence-electron chi connectivity index (χ0n) is 32.4. The van der Waals surface area contributed by atoms with Crippen LogP contribution in [0.5, 0.6) is 0 Å². The van der Waals surface area contributed by atoms with E-state index >= 15 is 0 Å². The molecule has 2 heterocycles. The maximum Gasteiger partial charge on any atom is 0.338 e. The molecule has 0 bridgehead atoms. The van der Waals surface area contributed by atoms with Crippen LogP contribution in [-0.2, 0) is 38.1 Å². The Balaban J connectivity index is 1.78. The van der Waals surface area contributed by atoms with Crippen LogP contribution in [-0.4, -0.2) is 103 Å². The first-order valence-electron chi connectivity index (χ1n) is 18.6. The van der Waals surface area contributed by atoms with Crippen molar-refractivity contribution in [1.82, 2.24) is 4.90 Å². The molecule has 1 aromatic carbocycles. The fourth-order valence-electron chi connectivity index (χ4n) is 9.08. The van der Waals surface area contributed by atoms with Crippen molar-refractivity contribution in [3.05, 3.63) is 35.9 Å². The van der Waals surface area contributed by atoms with Crippen LogP contribution in [0.3, 0.4) is 0 Å². The molecule has 0 amide bonds. The van der Waals surface area contributed by atoms with Gasteiger partial charge in [0.25, 0.3) is 0 Å². The fourth-order valence-corrected chi connectivity index (χ4v) is 9.08. The molecular formula is C40H61NO10. The third-order valence-electron chi connectivity index (χ3n) is 12.2. The summed E-state index contributed by atoms with van der Waals surface area (Å²) in [7, 11) is 5.35. The van der Waals surface area contributed by atoms with Crippen LogP contribution in [0.4, 0.5) is 0 Å². The minimum Gasteiger partial charge on any atom is -0.461 e. The van der Waals surface area contributed by atoms with Gasteiger partial charge in [0, 0.05) is 43.1 Å². The van der Waals surface area contributed by atoms with Crippen LogP contribution in [0.2, 0.25) is 0 Å². The van der Waals surface area contributed by atoms with Gasteiger partial charge in [0.15, 0.2) is 12.4 Å². The number of carbonyl (C=O) groups excluding carboxylic acids is 4. The summed E-state index contributed by atoms with van der Waals surface area (Å²) in [5.74, 6) is -4.13. The normalized spacial score (nSPS) is 41.5. The summed E-state index contributed by atoms with van der Waals surface area (Å²) in [6.07, 6.45) is -3.34. The van der Waals surface area contributed by atoms with E-state index in [-0.39, 0.29) is 48.9 Å². The molecule has 1 saturated carbocycles. The monoisotopic (exact) mass is 715 g/mol. The number of aliphatic hydroxyl groups is 1. The molecule has 3 aliphatic rings. The van der Waals surface area contributed by atoms with Gasteiger partial charge >= 0.3 is 11.9 Å². The van der Waals surface area contributed by atoms with Crippen molar-refractivity contribution < 1.29 is 48.0 Å². The summed E-state index contributed by atoms with van der Waals surface area (Å²) in [6.45, 7) is 14.8. The van der Waals surface area contributed by atoms with Crippen LogP contribution < -0.4 is 0 Å². The van der Waals surface area contributed by atoms with Crippen molar-refractivity contribution in [1.29, 1.82) is 0 Å². The summed E-state index contributed by atoms with van der Waals surface area (Å²) in [4.78, 5) is 56.5. The van der Waals surface area contributed by atoms with Crippen molar-refractivity contribution in [2.24, 2.45) is 35.0 Å². The van der Waals surface area contributed by atoms with E-state index in [4.69, 9.17) is 23.7 Å². The Morgan fingerprint density at radius 2 is 1.67 bits per heavy atom. The lowest BCUT2D eigenvalue weighted by Crippen LogP contribution is -2.60. The number of fused-ring (bicyclic) bond motifs is 1. The standard InChI is InChI=1S/C40H61NO10/c1-12-31-39(7)21-28(42)19-29(39)24(4)32(43)22(2)20-40(8,47-11)35(25(5)33(44)26(6)36(45)49-31)51-38-34(30(41(9)10)18-23(3)48-38)50-37(46)27-16-14-13-15-17-27/h13-17,22-26,29-31,33-35,38,44H,12,18-21H2,1-11H3/t22-,23-,24-,25+,26-,29-,30+,31-,33+,34-,35-,38+,39+,40-/m1/s1. The van der Waals surface area contributed by atoms with E-state index < -0.39 is 77.3 Å². The molecule has 4 rings (SSSR count). The molecule has 11 heteroatoms. The number of hydrogen-bond acceptors (Lipinski definition) is 11. The predicted molar refractivity (Wildman–Crippen MR) is 191 cm³/mol. The lowest BCUT2D eigenvalue weighted by atomic mass is 9.66. The Kier molecular flexibility index (Phi) is 13.3. The minimum absolute atomic E-state index is 0.0207. The van der Waals surface area contributed by atoms with E-state index in [1.54, 1.807) is 38.1 Å². The third kappa shape index (κ3) is 8.59. The van der Waals surface area contributed by atoms with Gasteiger partial charge in [0.2, 0.25) is 0 Å². The number of hydrogen-bond donors (Lipinski definition) is 1. The van der Waals surface area contributed by atoms with Gasteiger partial charge in [-0.1, -0.05) is 52.8 Å². The summed E-state index contributed by atoms with van der Waals surface area (Å²) >= 11 is 0. The van der Waals surface area contributed by atoms with Crippen molar-refractivity contribution in [2.45, 2.75) is 136 Å². The van der Waals surface area contributed by atoms with E-state index in [2.05, 4.69) is 0 Å². The summed E-state index contributed by atoms with van der Waals surface area (Å²) in [5.41, 5.74) is -1.53. The van der Waals surface area contributed by atoms with E-state index in [1.165, 1.54) is 7.11 Å². The number of rotatable bonds is 7. The van der Waals surface area contributed by atoms with Crippen LogP contribution in [0, 0.1) is 35.0 Å². The van der Waals surface area contributed by atoms with Crippen molar-refractivity contribution in [3.63, 3.8) is 0 Å². The molecule has 11 nitrogen and oxygen atoms in total. The lowest BCUT2D eigenvalue weighted by Gasteiger charge is -2.48. The number of benzene rings is 1. The average Bonchev–Trinajstić information content (AvgIpc) is 3.42. The van der Waals surface area contributed by atoms with Gasteiger partial charge in [-0.3, -0.25) is 14.4 Å². The first kappa shape index (κ1) is 41.1. The molecule has 0 spiro atoms. The van der Waals surface area contributed by atoms with Gasteiger partial charge in [-0.15, -0.1) is 0 Å². The molecule has 0 radical (unpaired) electrons. The van der Waals surface area contributed by atoms with Crippen LogP contribution in [0.15, 0.2) is 30.3 Å². The number of likely N-dealkylation sites (N-methyl/N-ethyl adjacent to an activating group) is 1. The zero-order valence-corrected chi connectivity index (χ0v) is 32.4. The first-order chi connectivity index (χ1) is 23.9. The topological polar surface area (TPSA) is 138 Å². The summed E-state index contributed by atoms with van der Waals surface area (Å²) < 4.78 is 31.9. The van der Waals surface area contributed by atoms with Crippen LogP contribution >= 0.6 is 0 Å². The quantitative estimate of drug-likeness (QED) is 0.371. The Labute approximate surface area is 304 Å². The Hall–Kier alpha value is -2.70. The Bertz CT molecular complexity index is 1390. The first-order valence-corrected chi connectivity index (χ1v) is 18.6. The Morgan fingerprint density at radius 3 is 2.25 bits per heavy atom. The third-order valence-corrected chi connectivity index (χ3v) is 12.2. The molecule has 1 aliphatic carbocycles. The number of cyclic esters (lactones) is 1. The molecular weight excluding hydrogens is 654 g/mol. The molecule has 2 aliphatic heterocycles. The van der Waals surface area contributed by atoms with Gasteiger partial charge in [0.05, 0.1) is 41.4 Å². The Morgan fingerprint density at radius 1 is 1.02 bits per heavy atom. The van der Waals surface area contributed by atoms with Gasteiger partial charge in [-0.25, -0.2) is 4.79 Å². The van der Waals surface area contributed by atoms with Crippen LogP contribution in [0.25, 0.3) is 0 Å². The molecule has 3 fully saturated rings. The molecule has 14 atom stereocenters. The van der Waals surface area contributed by atoms with Crippen molar-refractivity contribution in [2.75, 3.05) is 21.2 Å². The van der Waals surface area contributed by atoms with Crippen molar-refractivity contribution in [3.8, 4) is 0 Å². The predicted octanol–water partition coefficient (Wildman–Crippen LogP) is 5.25. The number of ether oxygens (including phenoxy) is 5. The number of Topliss-reactive ketones (excluding diaryl/α,β-unsaturated/α-hetero) is 2. The van der Waals surface area contributed by atoms with Gasteiger partial charge in [0.1, 0.15) is 17.7 Å². The van der Waals surface area contributed by atoms with Crippen molar-refractivity contribution >= 4 is 23.5 Å². The largest absolute Gasteiger partial charge is 0.461 e. The maximum atomic E-state index is 14.3. The lowest BCUT2D eigenvalue weighted by molar-refractivity contribution is -0.300. The molecule has 2 saturated heterocycles. The van der Waals surface area contributed by atoms with Gasteiger partial charge in [-0.05, 0) is 72.2 Å². The fraction of sp³-hybridized carbons (Fsp3) is 0.750. The molecule has 1 N–H and O–H groups in total. The van der Waals surface area contributed by atoms with E-state index in [0.29, 0.717) is 18.4 Å². The second-order valence-corrected chi connectivity index (χ2v) is 16.2. The highest BCUT2D eigenvalue weighted by molar-refractivity contribution is 5.89. The maximum absolute atomic E-state index is 14.3. The highest BCUT2D eigenvalue weighted by Crippen LogP contribution is 2.51. The molecule has 0 aromatic heterocycles. The highest BCUT2D eigenvalue weighted by atomic mass is 16.7. The van der Waals surface area contributed by atoms with Gasteiger partial charge < -0.3 is 33.7 Å². The highest BCUT2D eigenvalue weighted by Gasteiger charge is 2.55. The second-order valence-electron chi connectivity index (χ2n) is 16.2. The average molecular weight is 716 g/mol. The molecule has 0 unspecified atom stereocenters. The number of nitrogens with zero attached hydrogens (tertiary/aromatic N) is 1. The number of aliphatic hydroxyl groups excluding tert-OH is 1. The molecule has 1 aromatic rings. The number of esters is 2. The minimum atomic E-state index is -1.26. The van der Waals surface area contributed by atoms with E-state index in [0.717, 1.165) is 0 Å². The zero-order chi connectivity index (χ0) is 38.0. The van der Waals surface area contributed by atoms with E-state index in [1.807, 2.05) is 66.6 Å². The number of carbonyl (C=O) groups is 4. The number of methoxy groups -OCH3 is 1. The molecule has 51 heavy (non-hydrogen) atoms. The van der Waals surface area contributed by atoms with E-state index in [9.17, 15) is 24.3 Å². The summed E-state index contributed by atoms with van der Waals surface area (Å²) in [5, 5.41) is 11.9. The second kappa shape index (κ2) is 16.5. The molecule has 286 valence electrons. The summed E-state index contributed by atoms with van der Waals surface area (Å²) in [6, 6.07) is 8.43. The SMILES string of the molecule is CC[C@H]1OC(=O)[C@H](C)[C@@H](O)[C@H](C)[C@@H](O[C@@H]2O[C@H](C)C[C@H](N(C)C)[C@H]2OC(=O)c2ccccc2)[C@](C)(OC)C[C@@H](C)C(=O)[C@H](C)[C@H]2CC(=O)C[C@@]21C. The number of ketones is 2.